The van der Waals surface area contributed by atoms with Crippen molar-refractivity contribution in [2.75, 3.05) is 13.1 Å². The second-order valence-corrected chi connectivity index (χ2v) is 5.43. The number of likely N-dealkylation sites (tertiary alicyclic amines) is 1. The van der Waals surface area contributed by atoms with Gasteiger partial charge in [-0.15, -0.1) is 0 Å². The Hall–Kier alpha value is -1.85. The minimum absolute atomic E-state index is 0.0379. The third-order valence-electron chi connectivity index (χ3n) is 3.99. The van der Waals surface area contributed by atoms with E-state index in [2.05, 4.69) is 10.2 Å². The summed E-state index contributed by atoms with van der Waals surface area (Å²) in [6.07, 6.45) is 2.50. The molecule has 0 saturated carbocycles. The predicted molar refractivity (Wildman–Crippen MR) is 73.3 cm³/mol. The third-order valence-corrected chi connectivity index (χ3v) is 3.99. The Morgan fingerprint density at radius 2 is 2.20 bits per heavy atom. The summed E-state index contributed by atoms with van der Waals surface area (Å²) in [6, 6.07) is 0. The van der Waals surface area contributed by atoms with E-state index in [4.69, 9.17) is 5.11 Å². The van der Waals surface area contributed by atoms with Gasteiger partial charge in [-0.3, -0.25) is 14.7 Å². The monoisotopic (exact) mass is 279 g/mol. The molecular weight excluding hydrogens is 258 g/mol. The number of amides is 1. The molecule has 110 valence electrons. The van der Waals surface area contributed by atoms with E-state index in [1.807, 2.05) is 13.8 Å². The molecule has 2 N–H and O–H groups in total. The largest absolute Gasteiger partial charge is 0.481 e. The quantitative estimate of drug-likeness (QED) is 0.869. The summed E-state index contributed by atoms with van der Waals surface area (Å²) in [4.78, 5) is 24.9. The predicted octanol–water partition coefficient (Wildman–Crippen LogP) is 1.28. The van der Waals surface area contributed by atoms with E-state index in [9.17, 15) is 9.59 Å². The number of nitrogens with one attached hydrogen (secondary N) is 1. The number of aromatic amines is 1. The lowest BCUT2D eigenvalue weighted by atomic mass is 9.97. The number of piperidine rings is 1. The Morgan fingerprint density at radius 3 is 2.80 bits per heavy atom. The number of aryl methyl sites for hydroxylation is 2. The van der Waals surface area contributed by atoms with Crippen LogP contribution in [0.15, 0.2) is 0 Å². The molecule has 1 fully saturated rings. The van der Waals surface area contributed by atoms with Crippen LogP contribution in [0.4, 0.5) is 0 Å². The summed E-state index contributed by atoms with van der Waals surface area (Å²) >= 11 is 0. The first-order chi connectivity index (χ1) is 9.49. The average Bonchev–Trinajstić information content (AvgIpc) is 2.75. The molecule has 0 aromatic carbocycles. The van der Waals surface area contributed by atoms with E-state index in [-0.39, 0.29) is 5.91 Å². The van der Waals surface area contributed by atoms with E-state index in [1.54, 1.807) is 4.90 Å². The van der Waals surface area contributed by atoms with Crippen LogP contribution in [-0.2, 0) is 16.0 Å². The molecule has 1 aliphatic rings. The number of aromatic nitrogens is 2. The fraction of sp³-hybridized carbons (Fsp3) is 0.643. The molecule has 2 heterocycles. The molecule has 0 bridgehead atoms. The summed E-state index contributed by atoms with van der Waals surface area (Å²) in [5.41, 5.74) is 3.01. The Kier molecular flexibility index (Phi) is 4.42. The minimum atomic E-state index is -0.802. The van der Waals surface area contributed by atoms with Crippen LogP contribution < -0.4 is 0 Å². The zero-order valence-corrected chi connectivity index (χ0v) is 12.0. The molecule has 1 aromatic rings. The van der Waals surface area contributed by atoms with Gasteiger partial charge in [0.1, 0.15) is 0 Å². The molecule has 0 unspecified atom stereocenters. The third kappa shape index (κ3) is 3.18. The fourth-order valence-electron chi connectivity index (χ4n) is 2.74. The Balaban J connectivity index is 1.90. The highest BCUT2D eigenvalue weighted by molar-refractivity contribution is 5.78. The summed E-state index contributed by atoms with van der Waals surface area (Å²) < 4.78 is 0. The summed E-state index contributed by atoms with van der Waals surface area (Å²) in [5, 5.41) is 16.1. The van der Waals surface area contributed by atoms with Crippen molar-refractivity contribution in [2.45, 2.75) is 39.5 Å². The van der Waals surface area contributed by atoms with Gasteiger partial charge in [-0.25, -0.2) is 0 Å². The topological polar surface area (TPSA) is 86.3 Å². The maximum absolute atomic E-state index is 12.2. The molecule has 1 aliphatic heterocycles. The van der Waals surface area contributed by atoms with Crippen LogP contribution >= 0.6 is 0 Å². The van der Waals surface area contributed by atoms with Crippen molar-refractivity contribution in [3.8, 4) is 0 Å². The SMILES string of the molecule is Cc1n[nH]c(C)c1CCC(=O)N1CCC[C@H](C(=O)O)C1. The summed E-state index contributed by atoms with van der Waals surface area (Å²) in [5.74, 6) is -1.18. The Bertz CT molecular complexity index is 490. The molecule has 1 aromatic heterocycles. The molecule has 2 rings (SSSR count). The summed E-state index contributed by atoms with van der Waals surface area (Å²) in [7, 11) is 0. The van der Waals surface area contributed by atoms with Crippen LogP contribution in [-0.4, -0.2) is 45.2 Å². The minimum Gasteiger partial charge on any atom is -0.481 e. The maximum Gasteiger partial charge on any atom is 0.308 e. The van der Waals surface area contributed by atoms with Crippen molar-refractivity contribution in [1.82, 2.24) is 15.1 Å². The molecule has 1 atom stereocenters. The van der Waals surface area contributed by atoms with Crippen molar-refractivity contribution in [3.63, 3.8) is 0 Å². The number of aliphatic carboxylic acids is 1. The van der Waals surface area contributed by atoms with Gasteiger partial charge in [0.25, 0.3) is 0 Å². The van der Waals surface area contributed by atoms with Crippen LogP contribution in [0.2, 0.25) is 0 Å². The number of rotatable bonds is 4. The number of carboxylic acid groups (broad SMARTS) is 1. The number of carbonyl (C=O) groups is 2. The highest BCUT2D eigenvalue weighted by Crippen LogP contribution is 2.19. The van der Waals surface area contributed by atoms with Crippen LogP contribution in [0.25, 0.3) is 0 Å². The van der Waals surface area contributed by atoms with Gasteiger partial charge < -0.3 is 10.0 Å². The molecule has 0 spiro atoms. The normalized spacial score (nSPS) is 19.1. The fourth-order valence-corrected chi connectivity index (χ4v) is 2.74. The molecule has 1 saturated heterocycles. The molecule has 1 amide bonds. The van der Waals surface area contributed by atoms with Gasteiger partial charge in [0.15, 0.2) is 0 Å². The Labute approximate surface area is 118 Å². The van der Waals surface area contributed by atoms with E-state index < -0.39 is 11.9 Å². The first-order valence-electron chi connectivity index (χ1n) is 7.00. The smallest absolute Gasteiger partial charge is 0.308 e. The van der Waals surface area contributed by atoms with Crippen molar-refractivity contribution in [1.29, 1.82) is 0 Å². The van der Waals surface area contributed by atoms with Gasteiger partial charge in [-0.2, -0.15) is 5.10 Å². The van der Waals surface area contributed by atoms with Crippen LogP contribution in [0.3, 0.4) is 0 Å². The van der Waals surface area contributed by atoms with Gasteiger partial charge >= 0.3 is 5.97 Å². The molecule has 20 heavy (non-hydrogen) atoms. The average molecular weight is 279 g/mol. The van der Waals surface area contributed by atoms with E-state index in [1.165, 1.54) is 0 Å². The number of carboxylic acids is 1. The standard InChI is InChI=1S/C14H21N3O3/c1-9-12(10(2)16-15-9)5-6-13(18)17-7-3-4-11(8-17)14(19)20/h11H,3-8H2,1-2H3,(H,15,16)(H,19,20)/t11-/m0/s1. The molecule has 0 radical (unpaired) electrons. The maximum atomic E-state index is 12.2. The lowest BCUT2D eigenvalue weighted by Gasteiger charge is -2.30. The lowest BCUT2D eigenvalue weighted by Crippen LogP contribution is -2.42. The van der Waals surface area contributed by atoms with E-state index in [0.29, 0.717) is 32.4 Å². The van der Waals surface area contributed by atoms with E-state index >= 15 is 0 Å². The number of nitrogens with zero attached hydrogens (tertiary/aromatic N) is 2. The van der Waals surface area contributed by atoms with Gasteiger partial charge in [0.2, 0.25) is 5.91 Å². The van der Waals surface area contributed by atoms with Gasteiger partial charge in [-0.05, 0) is 38.7 Å². The van der Waals surface area contributed by atoms with Gasteiger partial charge in [-0.1, -0.05) is 0 Å². The van der Waals surface area contributed by atoms with Crippen LogP contribution in [0.5, 0.6) is 0 Å². The second kappa shape index (κ2) is 6.07. The summed E-state index contributed by atoms with van der Waals surface area (Å²) in [6.45, 7) is 4.88. The van der Waals surface area contributed by atoms with Crippen molar-refractivity contribution < 1.29 is 14.7 Å². The van der Waals surface area contributed by atoms with Crippen molar-refractivity contribution >= 4 is 11.9 Å². The van der Waals surface area contributed by atoms with Crippen LogP contribution in [0.1, 0.15) is 36.2 Å². The second-order valence-electron chi connectivity index (χ2n) is 5.43. The molecule has 6 nitrogen and oxygen atoms in total. The Morgan fingerprint density at radius 1 is 1.45 bits per heavy atom. The van der Waals surface area contributed by atoms with Crippen molar-refractivity contribution in [3.05, 3.63) is 17.0 Å². The zero-order valence-electron chi connectivity index (χ0n) is 12.0. The number of hydrogen-bond donors (Lipinski definition) is 2. The molecule has 0 aliphatic carbocycles. The number of carbonyl (C=O) groups excluding carboxylic acids is 1. The van der Waals surface area contributed by atoms with Crippen molar-refractivity contribution in [2.24, 2.45) is 5.92 Å². The molecule has 6 heteroatoms. The highest BCUT2D eigenvalue weighted by Gasteiger charge is 2.27. The first kappa shape index (κ1) is 14.6. The van der Waals surface area contributed by atoms with Gasteiger partial charge in [0.05, 0.1) is 11.6 Å². The zero-order chi connectivity index (χ0) is 14.7. The number of hydrogen-bond acceptors (Lipinski definition) is 3. The number of H-pyrrole nitrogens is 1. The first-order valence-corrected chi connectivity index (χ1v) is 7.00. The van der Waals surface area contributed by atoms with Gasteiger partial charge in [0, 0.05) is 25.2 Å². The van der Waals surface area contributed by atoms with E-state index in [0.717, 1.165) is 23.4 Å². The lowest BCUT2D eigenvalue weighted by molar-refractivity contribution is -0.145. The molecular formula is C14H21N3O3. The highest BCUT2D eigenvalue weighted by atomic mass is 16.4. The van der Waals surface area contributed by atoms with Crippen LogP contribution in [0, 0.1) is 19.8 Å².